The molecule has 0 amide bonds. The SMILES string of the molecule is CC1(C)CN(S(=O)(=O)c2ccc(CO)o2)CCO1. The van der Waals surface area contributed by atoms with Crippen molar-refractivity contribution in [2.45, 2.75) is 31.1 Å². The molecule has 0 radical (unpaired) electrons. The minimum absolute atomic E-state index is 0.135. The molecule has 7 heteroatoms. The van der Waals surface area contributed by atoms with Crippen molar-refractivity contribution in [1.29, 1.82) is 0 Å². The zero-order chi connectivity index (χ0) is 13.4. The highest BCUT2D eigenvalue weighted by molar-refractivity contribution is 7.89. The summed E-state index contributed by atoms with van der Waals surface area (Å²) in [4.78, 5) is 0. The quantitative estimate of drug-likeness (QED) is 0.872. The molecule has 0 saturated carbocycles. The molecule has 18 heavy (non-hydrogen) atoms. The van der Waals surface area contributed by atoms with Crippen LogP contribution in [0.15, 0.2) is 21.6 Å². The number of hydrogen-bond acceptors (Lipinski definition) is 5. The lowest BCUT2D eigenvalue weighted by atomic mass is 10.1. The van der Waals surface area contributed by atoms with Crippen molar-refractivity contribution in [2.24, 2.45) is 0 Å². The van der Waals surface area contributed by atoms with E-state index in [0.29, 0.717) is 13.2 Å². The van der Waals surface area contributed by atoms with Gasteiger partial charge in [-0.3, -0.25) is 0 Å². The molecule has 1 saturated heterocycles. The largest absolute Gasteiger partial charge is 0.446 e. The average Bonchev–Trinajstić information content (AvgIpc) is 2.76. The molecule has 1 aromatic heterocycles. The van der Waals surface area contributed by atoms with Gasteiger partial charge in [-0.15, -0.1) is 0 Å². The van der Waals surface area contributed by atoms with Crippen LogP contribution in [-0.4, -0.2) is 43.1 Å². The van der Waals surface area contributed by atoms with Gasteiger partial charge in [0.05, 0.1) is 12.2 Å². The van der Waals surface area contributed by atoms with Gasteiger partial charge < -0.3 is 14.3 Å². The van der Waals surface area contributed by atoms with Crippen LogP contribution >= 0.6 is 0 Å². The number of furan rings is 1. The predicted molar refractivity (Wildman–Crippen MR) is 63.4 cm³/mol. The Hall–Kier alpha value is -0.890. The Morgan fingerprint density at radius 1 is 1.44 bits per heavy atom. The second-order valence-corrected chi connectivity index (χ2v) is 6.69. The molecule has 0 unspecified atom stereocenters. The molecule has 6 nitrogen and oxygen atoms in total. The second kappa shape index (κ2) is 4.65. The fourth-order valence-electron chi connectivity index (χ4n) is 1.89. The summed E-state index contributed by atoms with van der Waals surface area (Å²) in [6, 6.07) is 2.82. The predicted octanol–water partition coefficient (Wildman–Crippen LogP) is 0.571. The first-order chi connectivity index (χ1) is 8.35. The van der Waals surface area contributed by atoms with Gasteiger partial charge in [0.25, 0.3) is 10.0 Å². The van der Waals surface area contributed by atoms with Gasteiger partial charge in [-0.2, -0.15) is 4.31 Å². The summed E-state index contributed by atoms with van der Waals surface area (Å²) in [5.41, 5.74) is -0.502. The van der Waals surface area contributed by atoms with E-state index in [1.54, 1.807) is 0 Å². The highest BCUT2D eigenvalue weighted by Crippen LogP contribution is 2.24. The van der Waals surface area contributed by atoms with Crippen molar-refractivity contribution in [1.82, 2.24) is 4.31 Å². The van der Waals surface area contributed by atoms with Crippen molar-refractivity contribution in [2.75, 3.05) is 19.7 Å². The standard InChI is InChI=1S/C11H17NO5S/c1-11(2)8-12(5-6-16-11)18(14,15)10-4-3-9(7-13)17-10/h3-4,13H,5-8H2,1-2H3. The van der Waals surface area contributed by atoms with Crippen LogP contribution in [0, 0.1) is 0 Å². The average molecular weight is 275 g/mol. The fourth-order valence-corrected chi connectivity index (χ4v) is 3.39. The Kier molecular flexibility index (Phi) is 3.50. The van der Waals surface area contributed by atoms with E-state index in [9.17, 15) is 8.42 Å². The molecule has 102 valence electrons. The lowest BCUT2D eigenvalue weighted by molar-refractivity contribution is -0.0642. The molecule has 1 fully saturated rings. The van der Waals surface area contributed by atoms with Gasteiger partial charge in [0, 0.05) is 13.1 Å². The third kappa shape index (κ3) is 2.59. The van der Waals surface area contributed by atoms with Gasteiger partial charge in [-0.25, -0.2) is 8.42 Å². The molecule has 2 heterocycles. The minimum Gasteiger partial charge on any atom is -0.446 e. The molecule has 0 aromatic carbocycles. The molecule has 0 bridgehead atoms. The van der Waals surface area contributed by atoms with Crippen LogP contribution in [0.5, 0.6) is 0 Å². The Bertz CT molecular complexity index is 519. The first kappa shape index (κ1) is 13.5. The van der Waals surface area contributed by atoms with Crippen molar-refractivity contribution in [3.63, 3.8) is 0 Å². The third-order valence-corrected chi connectivity index (χ3v) is 4.50. The number of rotatable bonds is 3. The third-order valence-electron chi connectivity index (χ3n) is 2.78. The molecule has 0 aliphatic carbocycles. The maximum atomic E-state index is 12.3. The van der Waals surface area contributed by atoms with E-state index in [1.165, 1.54) is 16.4 Å². The molecular formula is C11H17NO5S. The Labute approximate surface area is 106 Å². The van der Waals surface area contributed by atoms with Gasteiger partial charge in [0.2, 0.25) is 5.09 Å². The molecule has 1 aromatic rings. The first-order valence-electron chi connectivity index (χ1n) is 5.69. The Balaban J connectivity index is 2.25. The van der Waals surface area contributed by atoms with E-state index >= 15 is 0 Å². The monoisotopic (exact) mass is 275 g/mol. The van der Waals surface area contributed by atoms with Crippen LogP contribution in [0.25, 0.3) is 0 Å². The number of nitrogens with zero attached hydrogens (tertiary/aromatic N) is 1. The number of morpholine rings is 1. The molecule has 2 rings (SSSR count). The van der Waals surface area contributed by atoms with Crippen molar-refractivity contribution < 1.29 is 22.7 Å². The molecule has 0 spiro atoms. The molecule has 1 N–H and O–H groups in total. The topological polar surface area (TPSA) is 80.0 Å². The van der Waals surface area contributed by atoms with Crippen LogP contribution in [0.2, 0.25) is 0 Å². The lowest BCUT2D eigenvalue weighted by Crippen LogP contribution is -2.50. The summed E-state index contributed by atoms with van der Waals surface area (Å²) in [6.07, 6.45) is 0. The van der Waals surface area contributed by atoms with Crippen LogP contribution in [0.1, 0.15) is 19.6 Å². The van der Waals surface area contributed by atoms with Gasteiger partial charge in [0.1, 0.15) is 12.4 Å². The summed E-state index contributed by atoms with van der Waals surface area (Å²) >= 11 is 0. The Morgan fingerprint density at radius 2 is 2.17 bits per heavy atom. The van der Waals surface area contributed by atoms with E-state index in [4.69, 9.17) is 14.3 Å². The van der Waals surface area contributed by atoms with Gasteiger partial charge in [0.15, 0.2) is 0 Å². The second-order valence-electron chi connectivity index (χ2n) is 4.83. The molecule has 1 aliphatic heterocycles. The first-order valence-corrected chi connectivity index (χ1v) is 7.13. The van der Waals surface area contributed by atoms with Gasteiger partial charge >= 0.3 is 0 Å². The van der Waals surface area contributed by atoms with E-state index in [0.717, 1.165) is 0 Å². The van der Waals surface area contributed by atoms with E-state index in [2.05, 4.69) is 0 Å². The van der Waals surface area contributed by atoms with Gasteiger partial charge in [-0.05, 0) is 26.0 Å². The van der Waals surface area contributed by atoms with E-state index in [1.807, 2.05) is 13.8 Å². The van der Waals surface area contributed by atoms with Crippen LogP contribution < -0.4 is 0 Å². The number of aliphatic hydroxyl groups is 1. The van der Waals surface area contributed by atoms with Crippen LogP contribution in [-0.2, 0) is 21.4 Å². The zero-order valence-corrected chi connectivity index (χ0v) is 11.2. The Morgan fingerprint density at radius 3 is 2.72 bits per heavy atom. The molecular weight excluding hydrogens is 258 g/mol. The summed E-state index contributed by atoms with van der Waals surface area (Å²) in [7, 11) is -3.65. The lowest BCUT2D eigenvalue weighted by Gasteiger charge is -2.36. The number of aliphatic hydroxyl groups excluding tert-OH is 1. The fraction of sp³-hybridized carbons (Fsp3) is 0.636. The van der Waals surface area contributed by atoms with Crippen LogP contribution in [0.4, 0.5) is 0 Å². The maximum Gasteiger partial charge on any atom is 0.276 e. The number of sulfonamides is 1. The molecule has 0 atom stereocenters. The normalized spacial score (nSPS) is 21.1. The summed E-state index contributed by atoms with van der Waals surface area (Å²) in [6.45, 7) is 4.32. The number of ether oxygens (including phenoxy) is 1. The highest BCUT2D eigenvalue weighted by atomic mass is 32.2. The van der Waals surface area contributed by atoms with Crippen molar-refractivity contribution >= 4 is 10.0 Å². The smallest absolute Gasteiger partial charge is 0.276 e. The van der Waals surface area contributed by atoms with Gasteiger partial charge in [-0.1, -0.05) is 0 Å². The number of hydrogen-bond donors (Lipinski definition) is 1. The van der Waals surface area contributed by atoms with E-state index < -0.39 is 15.6 Å². The maximum absolute atomic E-state index is 12.3. The summed E-state index contributed by atoms with van der Waals surface area (Å²) < 4.78 is 36.5. The van der Waals surface area contributed by atoms with Crippen molar-refractivity contribution in [3.8, 4) is 0 Å². The highest BCUT2D eigenvalue weighted by Gasteiger charge is 2.36. The summed E-state index contributed by atoms with van der Waals surface area (Å²) in [5, 5.41) is 8.75. The van der Waals surface area contributed by atoms with Crippen molar-refractivity contribution in [3.05, 3.63) is 17.9 Å². The van der Waals surface area contributed by atoms with E-state index in [-0.39, 0.29) is 24.0 Å². The van der Waals surface area contributed by atoms with Crippen LogP contribution in [0.3, 0.4) is 0 Å². The zero-order valence-electron chi connectivity index (χ0n) is 10.4. The molecule has 1 aliphatic rings. The summed E-state index contributed by atoms with van der Waals surface area (Å²) in [5.74, 6) is 0.237. The minimum atomic E-state index is -3.65.